The molecule has 1 fully saturated rings. The molecule has 0 radical (unpaired) electrons. The fourth-order valence-electron chi connectivity index (χ4n) is 3.92. The van der Waals surface area contributed by atoms with E-state index in [0.29, 0.717) is 26.4 Å². The van der Waals surface area contributed by atoms with Crippen LogP contribution < -0.4 is 10.6 Å². The number of aromatic nitrogens is 4. The molecule has 6 nitrogen and oxygen atoms in total. The number of hydrogen-bond donors (Lipinski definition) is 2. The Morgan fingerprint density at radius 1 is 1.03 bits per heavy atom. The van der Waals surface area contributed by atoms with Gasteiger partial charge in [0.1, 0.15) is 10.2 Å². The van der Waals surface area contributed by atoms with Gasteiger partial charge in [0.25, 0.3) is 0 Å². The molecule has 3 aromatic rings. The molecule has 1 aliphatic carbocycles. The first kappa shape index (κ1) is 21.9. The average molecular weight is 471 g/mol. The number of hydrogen-bond acceptors (Lipinski definition) is 6. The van der Waals surface area contributed by atoms with E-state index >= 15 is 0 Å². The van der Waals surface area contributed by atoms with Crippen LogP contribution in [0.3, 0.4) is 0 Å². The first-order chi connectivity index (χ1) is 15.1. The van der Waals surface area contributed by atoms with Gasteiger partial charge in [0.2, 0.25) is 5.95 Å². The molecule has 1 aliphatic rings. The van der Waals surface area contributed by atoms with Crippen LogP contribution in [0.15, 0.2) is 65.0 Å². The van der Waals surface area contributed by atoms with Crippen LogP contribution in [0.25, 0.3) is 0 Å². The van der Waals surface area contributed by atoms with Crippen molar-refractivity contribution in [2.75, 3.05) is 11.9 Å². The van der Waals surface area contributed by atoms with Gasteiger partial charge in [-0.1, -0.05) is 61.2 Å². The third-order valence-corrected chi connectivity index (χ3v) is 6.67. The maximum Gasteiger partial charge on any atom is 0.231 e. The lowest BCUT2D eigenvalue weighted by Gasteiger charge is -2.38. The topological polar surface area (TPSA) is 75.6 Å². The number of anilines is 1. The van der Waals surface area contributed by atoms with Crippen molar-refractivity contribution in [1.29, 1.82) is 0 Å². The number of rotatable bonds is 6. The summed E-state index contributed by atoms with van der Waals surface area (Å²) in [5.41, 5.74) is 1.46. The molecular weight excluding hydrogens is 448 g/mol. The smallest absolute Gasteiger partial charge is 0.231 e. The van der Waals surface area contributed by atoms with Crippen LogP contribution in [0.1, 0.15) is 37.7 Å². The van der Waals surface area contributed by atoms with Gasteiger partial charge in [0.15, 0.2) is 10.3 Å². The fourth-order valence-corrected chi connectivity index (χ4v) is 5.05. The van der Waals surface area contributed by atoms with Crippen molar-refractivity contribution >= 4 is 46.6 Å². The van der Waals surface area contributed by atoms with E-state index < -0.39 is 0 Å². The Labute approximate surface area is 196 Å². The van der Waals surface area contributed by atoms with E-state index in [2.05, 4.69) is 60.9 Å². The van der Waals surface area contributed by atoms with Gasteiger partial charge in [0, 0.05) is 30.4 Å². The number of halogens is 1. The minimum absolute atomic E-state index is 0.0894. The van der Waals surface area contributed by atoms with Gasteiger partial charge in [-0.05, 0) is 48.5 Å². The molecule has 0 aliphatic heterocycles. The maximum absolute atomic E-state index is 6.19. The standard InChI is InChI=1S/C22H23ClN6S2/c23-17-14-18(31-21-24-12-7-13-25-21)28-19(27-17)29-20(30)26-15-22(10-5-2-6-11-22)16-8-3-1-4-9-16/h1,3-4,7-9,12-14H,2,5-6,10-11,15H2,(H2,26,27,28,29,30). The van der Waals surface area contributed by atoms with Gasteiger partial charge in [0.05, 0.1) is 0 Å². The molecule has 2 N–H and O–H groups in total. The molecule has 0 saturated heterocycles. The highest BCUT2D eigenvalue weighted by Gasteiger charge is 2.33. The average Bonchev–Trinajstić information content (AvgIpc) is 2.79. The van der Waals surface area contributed by atoms with Crippen LogP contribution in [-0.2, 0) is 5.41 Å². The van der Waals surface area contributed by atoms with Crippen LogP contribution in [-0.4, -0.2) is 31.6 Å². The second kappa shape index (κ2) is 10.3. The van der Waals surface area contributed by atoms with E-state index in [0.717, 1.165) is 19.4 Å². The summed E-state index contributed by atoms with van der Waals surface area (Å²) in [5.74, 6) is 0.348. The van der Waals surface area contributed by atoms with E-state index in [9.17, 15) is 0 Å². The van der Waals surface area contributed by atoms with Gasteiger partial charge < -0.3 is 10.6 Å². The first-order valence-electron chi connectivity index (χ1n) is 10.2. The zero-order valence-electron chi connectivity index (χ0n) is 16.9. The highest BCUT2D eigenvalue weighted by atomic mass is 35.5. The minimum atomic E-state index is 0.0894. The monoisotopic (exact) mass is 470 g/mol. The second-order valence-electron chi connectivity index (χ2n) is 7.50. The molecule has 9 heteroatoms. The zero-order valence-corrected chi connectivity index (χ0v) is 19.3. The Balaban J connectivity index is 1.42. The summed E-state index contributed by atoms with van der Waals surface area (Å²) < 4.78 is 0. The van der Waals surface area contributed by atoms with Crippen LogP contribution in [0.4, 0.5) is 5.95 Å². The molecule has 0 unspecified atom stereocenters. The number of nitrogens with one attached hydrogen (secondary N) is 2. The summed E-state index contributed by atoms with van der Waals surface area (Å²) in [6.45, 7) is 0.767. The summed E-state index contributed by atoms with van der Waals surface area (Å²) in [4.78, 5) is 17.1. The van der Waals surface area contributed by atoms with Crippen molar-refractivity contribution < 1.29 is 0 Å². The molecule has 2 aromatic heterocycles. The molecule has 0 spiro atoms. The summed E-state index contributed by atoms with van der Waals surface area (Å²) in [6, 6.07) is 14.2. The zero-order chi connectivity index (χ0) is 21.5. The molecule has 0 bridgehead atoms. The Kier molecular flexibility index (Phi) is 7.32. The molecule has 4 rings (SSSR count). The van der Waals surface area contributed by atoms with Gasteiger partial charge in [-0.15, -0.1) is 0 Å². The predicted molar refractivity (Wildman–Crippen MR) is 129 cm³/mol. The van der Waals surface area contributed by atoms with Crippen molar-refractivity contribution in [3.05, 3.63) is 65.6 Å². The van der Waals surface area contributed by atoms with Crippen molar-refractivity contribution in [3.8, 4) is 0 Å². The lowest BCUT2D eigenvalue weighted by Crippen LogP contribution is -2.43. The normalized spacial score (nSPS) is 15.3. The van der Waals surface area contributed by atoms with Gasteiger partial charge >= 0.3 is 0 Å². The van der Waals surface area contributed by atoms with Crippen molar-refractivity contribution in [1.82, 2.24) is 25.3 Å². The lowest BCUT2D eigenvalue weighted by molar-refractivity contribution is 0.292. The highest BCUT2D eigenvalue weighted by molar-refractivity contribution is 7.99. The summed E-state index contributed by atoms with van der Waals surface area (Å²) in [5, 5.41) is 8.51. The number of benzene rings is 1. The van der Waals surface area contributed by atoms with E-state index in [4.69, 9.17) is 23.8 Å². The molecule has 0 atom stereocenters. The second-order valence-corrected chi connectivity index (χ2v) is 9.28. The Hall–Kier alpha value is -2.29. The molecule has 1 aromatic carbocycles. The highest BCUT2D eigenvalue weighted by Crippen LogP contribution is 2.39. The van der Waals surface area contributed by atoms with Crippen LogP contribution in [0, 0.1) is 0 Å². The van der Waals surface area contributed by atoms with Crippen LogP contribution >= 0.6 is 35.6 Å². The first-order valence-corrected chi connectivity index (χ1v) is 11.8. The number of thiocarbonyl (C=S) groups is 1. The van der Waals surface area contributed by atoms with Gasteiger partial charge in [-0.2, -0.15) is 0 Å². The van der Waals surface area contributed by atoms with Crippen LogP contribution in [0.2, 0.25) is 5.15 Å². The Morgan fingerprint density at radius 2 is 1.77 bits per heavy atom. The Bertz CT molecular complexity index is 1010. The van der Waals surface area contributed by atoms with Gasteiger partial charge in [-0.3, -0.25) is 0 Å². The third kappa shape index (κ3) is 5.90. The Morgan fingerprint density at radius 3 is 2.52 bits per heavy atom. The molecule has 2 heterocycles. The quantitative estimate of drug-likeness (QED) is 0.287. The molecule has 1 saturated carbocycles. The van der Waals surface area contributed by atoms with E-state index in [-0.39, 0.29) is 5.41 Å². The van der Waals surface area contributed by atoms with Crippen molar-refractivity contribution in [3.63, 3.8) is 0 Å². The number of nitrogens with zero attached hydrogens (tertiary/aromatic N) is 4. The molecule has 31 heavy (non-hydrogen) atoms. The van der Waals surface area contributed by atoms with E-state index in [1.807, 2.05) is 0 Å². The molecular formula is C22H23ClN6S2. The SMILES string of the molecule is S=C(NCC1(c2ccccc2)CCCCC1)Nc1nc(Cl)cc(Sc2ncccn2)n1. The largest absolute Gasteiger partial charge is 0.361 e. The summed E-state index contributed by atoms with van der Waals surface area (Å²) in [6.07, 6.45) is 9.43. The molecule has 160 valence electrons. The van der Waals surface area contributed by atoms with E-state index in [1.54, 1.807) is 24.5 Å². The maximum atomic E-state index is 6.19. The summed E-state index contributed by atoms with van der Waals surface area (Å²) in [7, 11) is 0. The molecule has 0 amide bonds. The van der Waals surface area contributed by atoms with Gasteiger partial charge in [-0.25, -0.2) is 19.9 Å². The third-order valence-electron chi connectivity index (χ3n) is 5.42. The van der Waals surface area contributed by atoms with E-state index in [1.165, 1.54) is 36.6 Å². The fraction of sp³-hybridized carbons (Fsp3) is 0.318. The van der Waals surface area contributed by atoms with Crippen molar-refractivity contribution in [2.45, 2.75) is 47.7 Å². The predicted octanol–water partition coefficient (Wildman–Crippen LogP) is 5.26. The summed E-state index contributed by atoms with van der Waals surface area (Å²) >= 11 is 13.0. The minimum Gasteiger partial charge on any atom is -0.361 e. The van der Waals surface area contributed by atoms with Crippen LogP contribution in [0.5, 0.6) is 0 Å². The van der Waals surface area contributed by atoms with Crippen molar-refractivity contribution in [2.24, 2.45) is 0 Å². The lowest BCUT2D eigenvalue weighted by atomic mass is 9.69.